The fourth-order valence-electron chi connectivity index (χ4n) is 8.04. The molecule has 2 aliphatic heterocycles. The molecule has 7 rings (SSSR count). The lowest BCUT2D eigenvalue weighted by molar-refractivity contribution is 0.143. The maximum absolute atomic E-state index is 13.5. The molecular formula is C46H49ClFN5O3. The summed E-state index contributed by atoms with van der Waals surface area (Å²) in [4.78, 5) is 2.33. The van der Waals surface area contributed by atoms with Crippen molar-refractivity contribution in [3.05, 3.63) is 123 Å². The Kier molecular flexibility index (Phi) is 12.8. The Morgan fingerprint density at radius 2 is 1.68 bits per heavy atom. The van der Waals surface area contributed by atoms with E-state index >= 15 is 0 Å². The third-order valence-corrected chi connectivity index (χ3v) is 11.5. The van der Waals surface area contributed by atoms with Crippen LogP contribution in [0.15, 0.2) is 79.0 Å². The summed E-state index contributed by atoms with van der Waals surface area (Å²) >= 11 is 6.98. The van der Waals surface area contributed by atoms with Crippen LogP contribution in [0.4, 0.5) is 4.39 Å². The van der Waals surface area contributed by atoms with Crippen LogP contribution < -0.4 is 24.8 Å². The maximum Gasteiger partial charge on any atom is 0.142 e. The normalized spacial score (nSPS) is 18.4. The zero-order chi connectivity index (χ0) is 39.0. The Hall–Kier alpha value is -5.06. The number of alkyl halides is 1. The highest BCUT2D eigenvalue weighted by Gasteiger charge is 2.29. The van der Waals surface area contributed by atoms with Crippen molar-refractivity contribution in [2.75, 3.05) is 32.8 Å². The van der Waals surface area contributed by atoms with Crippen LogP contribution in [-0.4, -0.2) is 49.9 Å². The highest BCUT2D eigenvalue weighted by atomic mass is 35.5. The molecule has 8 nitrogen and oxygen atoms in total. The van der Waals surface area contributed by atoms with Crippen LogP contribution >= 0.6 is 11.6 Å². The molecule has 0 amide bonds. The number of hydrogen-bond donors (Lipinski definition) is 2. The van der Waals surface area contributed by atoms with Crippen molar-refractivity contribution < 1.29 is 18.6 Å². The fraction of sp³-hybridized carbons (Fsp3) is 0.391. The molecule has 0 saturated carbocycles. The summed E-state index contributed by atoms with van der Waals surface area (Å²) in [6.45, 7) is 10.8. The highest BCUT2D eigenvalue weighted by Crippen LogP contribution is 2.44. The van der Waals surface area contributed by atoms with Gasteiger partial charge in [-0.1, -0.05) is 48.5 Å². The monoisotopic (exact) mass is 773 g/mol. The number of piperidine rings is 2. The van der Waals surface area contributed by atoms with Crippen molar-refractivity contribution in [1.82, 2.24) is 15.5 Å². The van der Waals surface area contributed by atoms with E-state index in [2.05, 4.69) is 71.5 Å². The Bertz CT molecular complexity index is 2090. The topological polar surface area (TPSA) is 103 Å². The van der Waals surface area contributed by atoms with Crippen molar-refractivity contribution in [3.63, 3.8) is 0 Å². The number of hydrogen-bond acceptors (Lipinski definition) is 8. The van der Waals surface area contributed by atoms with E-state index < -0.39 is 6.17 Å². The summed E-state index contributed by atoms with van der Waals surface area (Å²) in [5.74, 6) is 2.04. The Labute approximate surface area is 334 Å². The van der Waals surface area contributed by atoms with Crippen LogP contribution in [0.25, 0.3) is 11.1 Å². The first-order valence-electron chi connectivity index (χ1n) is 19.7. The number of ether oxygens (including phenoxy) is 3. The lowest BCUT2D eigenvalue weighted by Gasteiger charge is -2.28. The highest BCUT2D eigenvalue weighted by molar-refractivity contribution is 6.32. The van der Waals surface area contributed by atoms with Crippen LogP contribution in [0.2, 0.25) is 5.02 Å². The summed E-state index contributed by atoms with van der Waals surface area (Å²) in [6, 6.07) is 26.0. The molecule has 0 radical (unpaired) electrons. The molecule has 0 bridgehead atoms. The summed E-state index contributed by atoms with van der Waals surface area (Å²) in [7, 11) is 0. The maximum atomic E-state index is 13.5. The third-order valence-electron chi connectivity index (χ3n) is 11.2. The molecular weight excluding hydrogens is 725 g/mol. The van der Waals surface area contributed by atoms with E-state index in [4.69, 9.17) is 25.8 Å². The number of nitrogens with zero attached hydrogens (tertiary/aromatic N) is 3. The lowest BCUT2D eigenvalue weighted by Crippen LogP contribution is -2.41. The van der Waals surface area contributed by atoms with E-state index in [0.717, 1.165) is 97.5 Å². The number of nitriles is 2. The predicted octanol–water partition coefficient (Wildman–Crippen LogP) is 9.26. The third kappa shape index (κ3) is 9.48. The van der Waals surface area contributed by atoms with Crippen LogP contribution in [0.1, 0.15) is 83.6 Å². The second-order valence-electron chi connectivity index (χ2n) is 15.1. The smallest absolute Gasteiger partial charge is 0.142 e. The largest absolute Gasteiger partial charge is 0.493 e. The molecule has 2 N–H and O–H groups in total. The van der Waals surface area contributed by atoms with Gasteiger partial charge in [-0.25, -0.2) is 4.39 Å². The van der Waals surface area contributed by atoms with Gasteiger partial charge in [0.05, 0.1) is 34.9 Å². The molecule has 1 aliphatic carbocycles. The lowest BCUT2D eigenvalue weighted by atomic mass is 9.93. The van der Waals surface area contributed by atoms with Crippen molar-refractivity contribution >= 4 is 11.6 Å². The first-order valence-corrected chi connectivity index (χ1v) is 20.1. The minimum Gasteiger partial charge on any atom is -0.493 e. The molecule has 2 atom stereocenters. The average Bonchev–Trinajstić information content (AvgIpc) is 3.63. The van der Waals surface area contributed by atoms with Crippen molar-refractivity contribution in [2.24, 2.45) is 0 Å². The number of likely N-dealkylation sites (tertiary alicyclic amines) is 1. The quantitative estimate of drug-likeness (QED) is 0.122. The number of benzene rings is 4. The van der Waals surface area contributed by atoms with Gasteiger partial charge in [-0.3, -0.25) is 0 Å². The summed E-state index contributed by atoms with van der Waals surface area (Å²) in [5.41, 5.74) is 9.32. The van der Waals surface area contributed by atoms with Gasteiger partial charge in [-0.15, -0.1) is 0 Å². The summed E-state index contributed by atoms with van der Waals surface area (Å²) in [6.07, 6.45) is 4.86. The van der Waals surface area contributed by atoms with E-state index in [-0.39, 0.29) is 18.8 Å². The first-order chi connectivity index (χ1) is 27.3. The van der Waals surface area contributed by atoms with Gasteiger partial charge in [0.15, 0.2) is 0 Å². The van der Waals surface area contributed by atoms with Gasteiger partial charge in [0, 0.05) is 56.1 Å². The van der Waals surface area contributed by atoms with E-state index in [9.17, 15) is 14.9 Å². The molecule has 4 aromatic carbocycles. The first kappa shape index (κ1) is 39.2. The zero-order valence-corrected chi connectivity index (χ0v) is 32.8. The minimum absolute atomic E-state index is 0.167. The van der Waals surface area contributed by atoms with Gasteiger partial charge < -0.3 is 29.7 Å². The van der Waals surface area contributed by atoms with Gasteiger partial charge >= 0.3 is 0 Å². The van der Waals surface area contributed by atoms with Crippen LogP contribution in [0.3, 0.4) is 0 Å². The Balaban J connectivity index is 1.07. The number of nitrogens with one attached hydrogen (secondary N) is 2. The van der Waals surface area contributed by atoms with Gasteiger partial charge in [0.1, 0.15) is 36.1 Å². The molecule has 56 heavy (non-hydrogen) atoms. The SMILES string of the molecule is C=C1CC[C@H](NCc2cc(Cl)c(O[C@H]3CCc4c(-c5cccc(OCCCN6CCC(F)CC6)c5C)cccc43)cc2OCc2cc(C#N)cc(C#N)c2)CN1. The van der Waals surface area contributed by atoms with Gasteiger partial charge in [-0.2, -0.15) is 10.5 Å². The molecule has 0 aromatic heterocycles. The zero-order valence-electron chi connectivity index (χ0n) is 32.0. The van der Waals surface area contributed by atoms with Gasteiger partial charge in [0.25, 0.3) is 0 Å². The van der Waals surface area contributed by atoms with E-state index in [1.807, 2.05) is 18.2 Å². The van der Waals surface area contributed by atoms with E-state index in [1.165, 1.54) is 11.1 Å². The van der Waals surface area contributed by atoms with Gasteiger partial charge in [0.2, 0.25) is 0 Å². The number of halogens is 2. The number of rotatable bonds is 14. The Morgan fingerprint density at radius 1 is 0.911 bits per heavy atom. The number of fused-ring (bicyclic) bond motifs is 1. The van der Waals surface area contributed by atoms with Crippen LogP contribution in [-0.2, 0) is 19.6 Å². The molecule has 10 heteroatoms. The summed E-state index contributed by atoms with van der Waals surface area (Å²) < 4.78 is 33.0. The van der Waals surface area contributed by atoms with Crippen LogP contribution in [0.5, 0.6) is 17.2 Å². The molecule has 0 spiro atoms. The summed E-state index contributed by atoms with van der Waals surface area (Å²) in [5, 5.41) is 26.5. The number of allylic oxidation sites excluding steroid dienone is 1. The Morgan fingerprint density at radius 3 is 2.43 bits per heavy atom. The molecule has 3 aliphatic rings. The van der Waals surface area contributed by atoms with Gasteiger partial charge in [-0.05, 0) is 116 Å². The average molecular weight is 774 g/mol. The second kappa shape index (κ2) is 18.3. The molecule has 0 unspecified atom stereocenters. The molecule has 4 aromatic rings. The predicted molar refractivity (Wildman–Crippen MR) is 218 cm³/mol. The second-order valence-corrected chi connectivity index (χ2v) is 15.5. The standard InChI is InChI=1S/C46H49ClFN5O3/c1-30-10-11-37(28-51-30)52-27-35-23-42(47)46(24-45(35)55-29-34-21-32(25-49)20-33(22-34)26-50)56-44-13-12-40-39(7-3-8-41(40)44)38-6-4-9-43(31(38)2)54-19-5-16-53-17-14-36(48)15-18-53/h3-4,6-9,20-24,36-37,44,51-52H,1,5,10-19,27-29H2,2H3/t37-,44-/m0/s1. The molecule has 290 valence electrons. The molecule has 2 fully saturated rings. The van der Waals surface area contributed by atoms with Crippen molar-refractivity contribution in [3.8, 4) is 40.5 Å². The fourth-order valence-corrected chi connectivity index (χ4v) is 8.27. The minimum atomic E-state index is -0.655. The molecule has 2 saturated heterocycles. The van der Waals surface area contributed by atoms with E-state index in [0.29, 0.717) is 53.6 Å². The van der Waals surface area contributed by atoms with Crippen LogP contribution in [0, 0.1) is 29.6 Å². The molecule has 2 heterocycles. The van der Waals surface area contributed by atoms with E-state index in [1.54, 1.807) is 18.2 Å². The van der Waals surface area contributed by atoms with Crippen molar-refractivity contribution in [2.45, 2.75) is 83.3 Å². The van der Waals surface area contributed by atoms with Crippen molar-refractivity contribution in [1.29, 1.82) is 10.5 Å².